The summed E-state index contributed by atoms with van der Waals surface area (Å²) in [7, 11) is 3.76. The lowest BCUT2D eigenvalue weighted by Gasteiger charge is -2.40. The lowest BCUT2D eigenvalue weighted by molar-refractivity contribution is -0.143. The molecule has 2 saturated heterocycles. The summed E-state index contributed by atoms with van der Waals surface area (Å²) in [5.74, 6) is -0.349. The zero-order valence-corrected chi connectivity index (χ0v) is 17.3. The van der Waals surface area contributed by atoms with E-state index in [1.807, 2.05) is 42.3 Å². The minimum atomic E-state index is -0.740. The van der Waals surface area contributed by atoms with Crippen molar-refractivity contribution in [2.75, 3.05) is 40.3 Å². The van der Waals surface area contributed by atoms with E-state index in [0.717, 1.165) is 37.9 Å². The molecule has 29 heavy (non-hydrogen) atoms. The van der Waals surface area contributed by atoms with Crippen LogP contribution >= 0.6 is 0 Å². The number of urea groups is 1. The maximum absolute atomic E-state index is 13.3. The Morgan fingerprint density at radius 3 is 2.41 bits per heavy atom. The summed E-state index contributed by atoms with van der Waals surface area (Å²) < 4.78 is 0. The fourth-order valence-corrected chi connectivity index (χ4v) is 5.08. The molecule has 3 aliphatic rings. The second-order valence-corrected chi connectivity index (χ2v) is 8.60. The van der Waals surface area contributed by atoms with E-state index >= 15 is 0 Å². The number of benzene rings is 1. The number of hydrogen-bond donors (Lipinski definition) is 0. The molecule has 4 amide bonds. The van der Waals surface area contributed by atoms with Crippen LogP contribution in [0.1, 0.15) is 43.7 Å². The van der Waals surface area contributed by atoms with Gasteiger partial charge in [0.1, 0.15) is 12.1 Å². The highest BCUT2D eigenvalue weighted by molar-refractivity contribution is 6.09. The smallest absolute Gasteiger partial charge is 0.327 e. The van der Waals surface area contributed by atoms with Crippen molar-refractivity contribution in [2.45, 2.75) is 43.7 Å². The summed E-state index contributed by atoms with van der Waals surface area (Å²) in [5.41, 5.74) is 0.337. The predicted molar refractivity (Wildman–Crippen MR) is 109 cm³/mol. The van der Waals surface area contributed by atoms with E-state index in [2.05, 4.69) is 4.90 Å². The second kappa shape index (κ2) is 7.78. The van der Waals surface area contributed by atoms with Gasteiger partial charge < -0.3 is 14.7 Å². The molecule has 1 atom stereocenters. The van der Waals surface area contributed by atoms with Crippen LogP contribution < -0.4 is 0 Å². The lowest BCUT2D eigenvalue weighted by Crippen LogP contribution is -2.53. The van der Waals surface area contributed by atoms with Gasteiger partial charge in [-0.2, -0.15) is 0 Å². The van der Waals surface area contributed by atoms with Crippen LogP contribution in [-0.4, -0.2) is 83.3 Å². The van der Waals surface area contributed by atoms with Crippen molar-refractivity contribution in [1.82, 2.24) is 19.6 Å². The first kappa shape index (κ1) is 19.9. The van der Waals surface area contributed by atoms with Crippen molar-refractivity contribution in [3.05, 3.63) is 35.9 Å². The third-order valence-electron chi connectivity index (χ3n) is 6.87. The van der Waals surface area contributed by atoms with E-state index in [-0.39, 0.29) is 30.4 Å². The van der Waals surface area contributed by atoms with Crippen molar-refractivity contribution in [3.63, 3.8) is 0 Å². The Bertz CT molecular complexity index is 791. The van der Waals surface area contributed by atoms with Crippen molar-refractivity contribution in [2.24, 2.45) is 0 Å². The first-order valence-electron chi connectivity index (χ1n) is 10.6. The Hall–Kier alpha value is -2.41. The van der Waals surface area contributed by atoms with E-state index in [1.165, 1.54) is 4.90 Å². The van der Waals surface area contributed by atoms with Gasteiger partial charge in [0.15, 0.2) is 0 Å². The monoisotopic (exact) mass is 398 g/mol. The van der Waals surface area contributed by atoms with Gasteiger partial charge in [0, 0.05) is 26.7 Å². The SMILES string of the molecule is CN1CCN(C(=O)CN2C(=O)N(C)C3(CCCCC3)C2=O)[C@@H](c2ccccc2)C1. The van der Waals surface area contributed by atoms with Crippen molar-refractivity contribution >= 4 is 17.8 Å². The fourth-order valence-electron chi connectivity index (χ4n) is 5.08. The second-order valence-electron chi connectivity index (χ2n) is 8.60. The molecule has 156 valence electrons. The van der Waals surface area contributed by atoms with Gasteiger partial charge in [0.25, 0.3) is 5.91 Å². The van der Waals surface area contributed by atoms with Crippen molar-refractivity contribution in [3.8, 4) is 0 Å². The van der Waals surface area contributed by atoms with Crippen LogP contribution in [0.25, 0.3) is 0 Å². The van der Waals surface area contributed by atoms with Gasteiger partial charge in [-0.25, -0.2) is 4.79 Å². The van der Waals surface area contributed by atoms with Crippen LogP contribution in [-0.2, 0) is 9.59 Å². The van der Waals surface area contributed by atoms with Gasteiger partial charge in [-0.3, -0.25) is 14.5 Å². The number of carbonyl (C=O) groups excluding carboxylic acids is 3. The molecule has 0 radical (unpaired) electrons. The molecule has 0 unspecified atom stereocenters. The number of nitrogens with zero attached hydrogens (tertiary/aromatic N) is 4. The topological polar surface area (TPSA) is 64.2 Å². The minimum Gasteiger partial charge on any atom is -0.332 e. The molecule has 2 aliphatic heterocycles. The van der Waals surface area contributed by atoms with Crippen molar-refractivity contribution < 1.29 is 14.4 Å². The molecular formula is C22H30N4O3. The number of hydrogen-bond acceptors (Lipinski definition) is 4. The zero-order chi connectivity index (χ0) is 20.6. The van der Waals surface area contributed by atoms with Crippen molar-refractivity contribution in [1.29, 1.82) is 0 Å². The quantitative estimate of drug-likeness (QED) is 0.732. The summed E-state index contributed by atoms with van der Waals surface area (Å²) in [4.78, 5) is 46.1. The third-order valence-corrected chi connectivity index (χ3v) is 6.87. The number of carbonyl (C=O) groups is 3. The molecule has 7 heteroatoms. The summed E-state index contributed by atoms with van der Waals surface area (Å²) in [6.45, 7) is 1.94. The Balaban J connectivity index is 1.53. The lowest BCUT2D eigenvalue weighted by atomic mass is 9.81. The Morgan fingerprint density at radius 1 is 1.03 bits per heavy atom. The molecule has 1 aromatic carbocycles. The average molecular weight is 399 g/mol. The zero-order valence-electron chi connectivity index (χ0n) is 17.3. The van der Waals surface area contributed by atoms with E-state index in [1.54, 1.807) is 11.9 Å². The summed E-state index contributed by atoms with van der Waals surface area (Å²) in [5, 5.41) is 0. The highest BCUT2D eigenvalue weighted by Crippen LogP contribution is 2.39. The van der Waals surface area contributed by atoms with E-state index in [0.29, 0.717) is 19.4 Å². The van der Waals surface area contributed by atoms with Crippen LogP contribution in [0, 0.1) is 0 Å². The fraction of sp³-hybridized carbons (Fsp3) is 0.591. The predicted octanol–water partition coefficient (Wildman–Crippen LogP) is 2.10. The molecular weight excluding hydrogens is 368 g/mol. The molecule has 1 aromatic rings. The number of rotatable bonds is 3. The number of imide groups is 1. The summed E-state index contributed by atoms with van der Waals surface area (Å²) in [6, 6.07) is 9.56. The molecule has 0 aromatic heterocycles. The number of amides is 4. The first-order chi connectivity index (χ1) is 13.9. The standard InChI is InChI=1S/C22H30N4O3/c1-23-13-14-25(18(15-23)17-9-5-3-6-10-17)19(27)16-26-20(28)22(24(2)21(26)29)11-7-4-8-12-22/h3,5-6,9-10,18H,4,7-8,11-16H2,1-2H3/t18-/m1/s1. The molecule has 1 saturated carbocycles. The minimum absolute atomic E-state index is 0.0726. The van der Waals surface area contributed by atoms with Gasteiger partial charge in [0.2, 0.25) is 5.91 Å². The largest absolute Gasteiger partial charge is 0.332 e. The van der Waals surface area contributed by atoms with Crippen LogP contribution in [0.2, 0.25) is 0 Å². The van der Waals surface area contributed by atoms with E-state index in [4.69, 9.17) is 0 Å². The first-order valence-corrected chi connectivity index (χ1v) is 10.6. The maximum Gasteiger partial charge on any atom is 0.327 e. The third kappa shape index (κ3) is 3.41. The van der Waals surface area contributed by atoms with Gasteiger partial charge in [-0.05, 0) is 25.5 Å². The molecule has 2 heterocycles. The number of likely N-dealkylation sites (N-methyl/N-ethyl adjacent to an activating group) is 2. The molecule has 1 spiro atoms. The van der Waals surface area contributed by atoms with Crippen LogP contribution in [0.5, 0.6) is 0 Å². The molecule has 1 aliphatic carbocycles. The average Bonchev–Trinajstić information content (AvgIpc) is 2.91. The molecule has 7 nitrogen and oxygen atoms in total. The van der Waals surface area contributed by atoms with E-state index < -0.39 is 5.54 Å². The highest BCUT2D eigenvalue weighted by Gasteiger charge is 2.56. The van der Waals surface area contributed by atoms with Crippen LogP contribution in [0.3, 0.4) is 0 Å². The highest BCUT2D eigenvalue weighted by atomic mass is 16.2. The maximum atomic E-state index is 13.3. The molecule has 3 fully saturated rings. The van der Waals surface area contributed by atoms with Gasteiger partial charge >= 0.3 is 6.03 Å². The normalized spacial score (nSPS) is 25.2. The number of piperazine rings is 1. The van der Waals surface area contributed by atoms with Gasteiger partial charge in [-0.1, -0.05) is 49.6 Å². The Morgan fingerprint density at radius 2 is 1.72 bits per heavy atom. The molecule has 4 rings (SSSR count). The Kier molecular flexibility index (Phi) is 5.34. The summed E-state index contributed by atoms with van der Waals surface area (Å²) >= 11 is 0. The summed E-state index contributed by atoms with van der Waals surface area (Å²) in [6.07, 6.45) is 4.37. The van der Waals surface area contributed by atoms with Gasteiger partial charge in [0.05, 0.1) is 6.04 Å². The molecule has 0 N–H and O–H groups in total. The van der Waals surface area contributed by atoms with Crippen LogP contribution in [0.4, 0.5) is 4.79 Å². The van der Waals surface area contributed by atoms with Crippen LogP contribution in [0.15, 0.2) is 30.3 Å². The Labute approximate surface area is 172 Å². The molecule has 0 bridgehead atoms. The van der Waals surface area contributed by atoms with E-state index in [9.17, 15) is 14.4 Å². The van der Waals surface area contributed by atoms with Gasteiger partial charge in [-0.15, -0.1) is 0 Å².